The maximum Gasteiger partial charge on any atom is 0.119 e. The molecule has 0 spiro atoms. The Morgan fingerprint density at radius 3 is 2.43 bits per heavy atom. The van der Waals surface area contributed by atoms with Gasteiger partial charge in [0.15, 0.2) is 0 Å². The minimum atomic E-state index is -0.946. The number of ether oxygens (including phenoxy) is 1. The number of hydrogen-bond donors (Lipinski definition) is 1. The van der Waals surface area contributed by atoms with Gasteiger partial charge in [0, 0.05) is 28.8 Å². The van der Waals surface area contributed by atoms with E-state index >= 15 is 0 Å². The predicted molar refractivity (Wildman–Crippen MR) is 64.9 cm³/mol. The fourth-order valence-corrected chi connectivity index (χ4v) is 1.61. The van der Waals surface area contributed by atoms with Gasteiger partial charge in [0.1, 0.15) is 6.73 Å². The molecule has 0 aliphatic rings. The first-order chi connectivity index (χ1) is 6.37. The minimum Gasteiger partial charge on any atom is -0.375 e. The molecule has 0 aromatic carbocycles. The lowest BCUT2D eigenvalue weighted by Crippen LogP contribution is -2.29. The van der Waals surface area contributed by atoms with Crippen molar-refractivity contribution < 1.29 is 4.74 Å². The molecule has 0 saturated carbocycles. The third-order valence-corrected chi connectivity index (χ3v) is 3.73. The van der Waals surface area contributed by atoms with Crippen LogP contribution >= 0.6 is 0 Å². The van der Waals surface area contributed by atoms with Crippen LogP contribution in [0, 0.1) is 0 Å². The van der Waals surface area contributed by atoms with E-state index in [4.69, 9.17) is 4.74 Å². The topological polar surface area (TPSA) is 24.5 Å². The van der Waals surface area contributed by atoms with E-state index in [0.717, 1.165) is 12.4 Å². The molecule has 0 rings (SSSR count). The Labute approximate surface area is 89.1 Å². The lowest BCUT2D eigenvalue weighted by molar-refractivity contribution is 0.0655. The molecule has 84 valence electrons. The number of rotatable bonds is 7. The van der Waals surface area contributed by atoms with Crippen LogP contribution < -0.4 is 5.32 Å². The first kappa shape index (κ1) is 13.5. The van der Waals surface area contributed by atoms with E-state index in [0.29, 0.717) is 6.73 Å². The van der Waals surface area contributed by atoms with Crippen molar-refractivity contribution in [2.45, 2.75) is 25.7 Å². The molecule has 0 aromatic heterocycles. The minimum absolute atomic E-state index is 0.615. The molecule has 1 N–H and O–H groups in total. The molecule has 3 nitrogen and oxygen atoms in total. The summed E-state index contributed by atoms with van der Waals surface area (Å²) in [5, 5.41) is 2.98. The second-order valence-corrected chi connectivity index (χ2v) is 10.4. The molecule has 0 radical (unpaired) electrons. The molecule has 0 aliphatic carbocycles. The van der Waals surface area contributed by atoms with Crippen molar-refractivity contribution in [2.24, 2.45) is 0 Å². The van der Waals surface area contributed by atoms with E-state index in [1.54, 1.807) is 0 Å². The van der Waals surface area contributed by atoms with Crippen molar-refractivity contribution in [3.8, 4) is 0 Å². The van der Waals surface area contributed by atoms with Gasteiger partial charge in [-0.3, -0.25) is 0 Å². The van der Waals surface area contributed by atoms with Gasteiger partial charge in [-0.25, -0.2) is 0 Å². The molecule has 0 aromatic rings. The molecular formula is C10H24N2OSi. The molecule has 4 heteroatoms. The summed E-state index contributed by atoms with van der Waals surface area (Å²) in [5.74, 6) is 0.887. The normalized spacial score (nSPS) is 11.2. The van der Waals surface area contributed by atoms with Gasteiger partial charge in [0.2, 0.25) is 0 Å². The molecular weight excluding hydrogens is 192 g/mol. The Bertz CT molecular complexity index is 177. The predicted octanol–water partition coefficient (Wildman–Crippen LogP) is 1.92. The van der Waals surface area contributed by atoms with Crippen LogP contribution in [0.25, 0.3) is 0 Å². The highest BCUT2D eigenvalue weighted by Gasteiger charge is 2.12. The number of nitrogens with one attached hydrogen (secondary N) is 1. The van der Waals surface area contributed by atoms with Crippen LogP contribution in [-0.2, 0) is 4.74 Å². The molecule has 14 heavy (non-hydrogen) atoms. The second kappa shape index (κ2) is 6.09. The number of nitrogens with zero attached hydrogens (tertiary/aromatic N) is 1. The van der Waals surface area contributed by atoms with Gasteiger partial charge in [-0.15, -0.1) is 0 Å². The van der Waals surface area contributed by atoms with Gasteiger partial charge in [-0.2, -0.15) is 0 Å². The highest BCUT2D eigenvalue weighted by Crippen LogP contribution is 2.07. The molecule has 0 bridgehead atoms. The zero-order valence-electron chi connectivity index (χ0n) is 10.2. The second-order valence-electron chi connectivity index (χ2n) is 4.74. The van der Waals surface area contributed by atoms with Crippen LogP contribution in [0.3, 0.4) is 0 Å². The fourth-order valence-electron chi connectivity index (χ4n) is 0.849. The van der Waals surface area contributed by atoms with Gasteiger partial charge in [-0.05, 0) is 6.04 Å². The van der Waals surface area contributed by atoms with E-state index < -0.39 is 8.07 Å². The molecule has 0 amide bonds. The van der Waals surface area contributed by atoms with E-state index in [1.807, 2.05) is 19.0 Å². The van der Waals surface area contributed by atoms with Crippen LogP contribution in [-0.4, -0.2) is 40.4 Å². The maximum atomic E-state index is 5.55. The van der Waals surface area contributed by atoms with E-state index in [2.05, 4.69) is 31.5 Å². The summed E-state index contributed by atoms with van der Waals surface area (Å²) in [6.07, 6.45) is 0. The van der Waals surface area contributed by atoms with Crippen molar-refractivity contribution in [3.63, 3.8) is 0 Å². The van der Waals surface area contributed by atoms with E-state index in [9.17, 15) is 0 Å². The third-order valence-electron chi connectivity index (χ3n) is 2.03. The average Bonchev–Trinajstić information content (AvgIpc) is 2.09. The monoisotopic (exact) mass is 216 g/mol. The summed E-state index contributed by atoms with van der Waals surface area (Å²) < 4.78 is 5.55. The quantitative estimate of drug-likeness (QED) is 0.400. The Hall–Kier alpha value is -0.483. The Morgan fingerprint density at radius 2 is 2.00 bits per heavy atom. The van der Waals surface area contributed by atoms with Crippen molar-refractivity contribution in [2.75, 3.05) is 27.4 Å². The smallest absolute Gasteiger partial charge is 0.119 e. The molecule has 0 aliphatic heterocycles. The number of hydrogen-bond acceptors (Lipinski definition) is 3. The van der Waals surface area contributed by atoms with Gasteiger partial charge < -0.3 is 15.0 Å². The van der Waals surface area contributed by atoms with Gasteiger partial charge in [0.05, 0.1) is 5.82 Å². The highest BCUT2D eigenvalue weighted by molar-refractivity contribution is 6.76. The van der Waals surface area contributed by atoms with Gasteiger partial charge in [0.25, 0.3) is 0 Å². The first-order valence-corrected chi connectivity index (χ1v) is 8.73. The lowest BCUT2D eigenvalue weighted by atomic mass is 10.7. The molecule has 0 heterocycles. The zero-order valence-corrected chi connectivity index (χ0v) is 11.2. The summed E-state index contributed by atoms with van der Waals surface area (Å²) >= 11 is 0. The van der Waals surface area contributed by atoms with E-state index in [1.165, 1.54) is 6.04 Å². The molecule has 0 atom stereocenters. The van der Waals surface area contributed by atoms with Gasteiger partial charge in [-0.1, -0.05) is 26.2 Å². The van der Waals surface area contributed by atoms with Crippen molar-refractivity contribution in [3.05, 3.63) is 12.4 Å². The van der Waals surface area contributed by atoms with Crippen molar-refractivity contribution >= 4 is 8.07 Å². The highest BCUT2D eigenvalue weighted by atomic mass is 28.3. The van der Waals surface area contributed by atoms with Crippen LogP contribution in [0.15, 0.2) is 12.4 Å². The first-order valence-electron chi connectivity index (χ1n) is 5.02. The summed E-state index contributed by atoms with van der Waals surface area (Å²) in [6.45, 7) is 12.4. The molecule has 0 unspecified atom stereocenters. The summed E-state index contributed by atoms with van der Waals surface area (Å²) in [6, 6.07) is 1.22. The van der Waals surface area contributed by atoms with Crippen LogP contribution in [0.5, 0.6) is 0 Å². The Kier molecular flexibility index (Phi) is 5.88. The Morgan fingerprint density at radius 1 is 1.43 bits per heavy atom. The fraction of sp³-hybridized carbons (Fsp3) is 0.800. The third kappa shape index (κ3) is 6.97. The summed E-state index contributed by atoms with van der Waals surface area (Å²) in [4.78, 5) is 1.96. The van der Waals surface area contributed by atoms with Crippen molar-refractivity contribution in [1.29, 1.82) is 0 Å². The van der Waals surface area contributed by atoms with Crippen LogP contribution in [0.2, 0.25) is 25.7 Å². The SMILES string of the molecule is C=C(NC)N(C)COCC[Si](C)(C)C. The molecule has 0 fully saturated rings. The van der Waals surface area contributed by atoms with Crippen molar-refractivity contribution in [1.82, 2.24) is 10.2 Å². The largest absolute Gasteiger partial charge is 0.375 e. The van der Waals surface area contributed by atoms with E-state index in [-0.39, 0.29) is 0 Å². The Balaban J connectivity index is 3.50. The van der Waals surface area contributed by atoms with Gasteiger partial charge >= 0.3 is 0 Å². The standard InChI is InChI=1S/C10H24N2OSi/c1-10(11-2)12(3)9-13-7-8-14(4,5)6/h11H,1,7-9H2,2-6H3. The summed E-state index contributed by atoms with van der Waals surface area (Å²) in [7, 11) is 2.88. The molecule has 0 saturated heterocycles. The van der Waals surface area contributed by atoms with Crippen LogP contribution in [0.4, 0.5) is 0 Å². The maximum absolute atomic E-state index is 5.55. The summed E-state index contributed by atoms with van der Waals surface area (Å²) in [5.41, 5.74) is 0. The lowest BCUT2D eigenvalue weighted by Gasteiger charge is -2.22. The zero-order chi connectivity index (χ0) is 11.2. The van der Waals surface area contributed by atoms with Crippen LogP contribution in [0.1, 0.15) is 0 Å². The average molecular weight is 216 g/mol.